The van der Waals surface area contributed by atoms with Gasteiger partial charge in [0, 0.05) is 26.1 Å². The van der Waals surface area contributed by atoms with Gasteiger partial charge in [-0.25, -0.2) is 0 Å². The number of carbonyl (C=O) groups excluding carboxylic acids is 2. The molecule has 2 amide bonds. The molecule has 3 N–H and O–H groups in total. The maximum atomic E-state index is 11.8. The van der Waals surface area contributed by atoms with E-state index in [4.69, 9.17) is 5.73 Å². The average molecular weight is 229 g/mol. The molecule has 0 radical (unpaired) electrons. The Labute approximate surface area is 97.4 Å². The third kappa shape index (κ3) is 5.11. The highest BCUT2D eigenvalue weighted by molar-refractivity contribution is 5.84. The lowest BCUT2D eigenvalue weighted by Gasteiger charge is -2.23. The molecule has 0 rings (SSSR count). The Morgan fingerprint density at radius 2 is 1.94 bits per heavy atom. The van der Waals surface area contributed by atoms with Crippen molar-refractivity contribution >= 4 is 11.8 Å². The van der Waals surface area contributed by atoms with Gasteiger partial charge in [0.2, 0.25) is 11.8 Å². The molecule has 16 heavy (non-hydrogen) atoms. The van der Waals surface area contributed by atoms with Crippen LogP contribution in [0.25, 0.3) is 0 Å². The summed E-state index contributed by atoms with van der Waals surface area (Å²) >= 11 is 0. The van der Waals surface area contributed by atoms with Gasteiger partial charge in [-0.15, -0.1) is 0 Å². The summed E-state index contributed by atoms with van der Waals surface area (Å²) in [4.78, 5) is 24.5. The van der Waals surface area contributed by atoms with Gasteiger partial charge in [-0.05, 0) is 12.8 Å². The van der Waals surface area contributed by atoms with E-state index >= 15 is 0 Å². The number of nitrogens with zero attached hydrogens (tertiary/aromatic N) is 1. The summed E-state index contributed by atoms with van der Waals surface area (Å²) in [5.74, 6) is 0.0447. The van der Waals surface area contributed by atoms with Gasteiger partial charge in [-0.2, -0.15) is 0 Å². The molecule has 94 valence electrons. The Morgan fingerprint density at radius 3 is 2.31 bits per heavy atom. The minimum Gasteiger partial charge on any atom is -0.358 e. The van der Waals surface area contributed by atoms with Gasteiger partial charge in [-0.1, -0.05) is 13.8 Å². The first kappa shape index (κ1) is 14.9. The summed E-state index contributed by atoms with van der Waals surface area (Å²) < 4.78 is 0. The largest absolute Gasteiger partial charge is 0.358 e. The molecule has 0 aliphatic carbocycles. The van der Waals surface area contributed by atoms with E-state index in [0.29, 0.717) is 13.0 Å². The van der Waals surface area contributed by atoms with E-state index < -0.39 is 0 Å². The van der Waals surface area contributed by atoms with Crippen LogP contribution in [0.1, 0.15) is 27.2 Å². The second-order valence-corrected chi connectivity index (χ2v) is 4.19. The van der Waals surface area contributed by atoms with Gasteiger partial charge in [0.1, 0.15) is 0 Å². The van der Waals surface area contributed by atoms with Crippen LogP contribution in [-0.4, -0.2) is 42.9 Å². The van der Waals surface area contributed by atoms with Crippen molar-refractivity contribution in [1.82, 2.24) is 10.2 Å². The molecule has 0 aliphatic heterocycles. The standard InChI is InChI=1S/C11H23N3O2/c1-5-14(7-10(15)13-4)11(16)6-9(12)8(2)3/h8-9H,5-7,12H2,1-4H3,(H,13,15). The lowest BCUT2D eigenvalue weighted by atomic mass is 10.0. The Balaban J connectivity index is 4.26. The first-order valence-electron chi connectivity index (χ1n) is 5.66. The number of carbonyl (C=O) groups is 2. The van der Waals surface area contributed by atoms with E-state index in [1.54, 1.807) is 7.05 Å². The van der Waals surface area contributed by atoms with E-state index in [1.807, 2.05) is 20.8 Å². The number of nitrogens with two attached hydrogens (primary N) is 1. The summed E-state index contributed by atoms with van der Waals surface area (Å²) in [6.07, 6.45) is 0.294. The summed E-state index contributed by atoms with van der Waals surface area (Å²) in [7, 11) is 1.56. The zero-order valence-electron chi connectivity index (χ0n) is 10.6. The van der Waals surface area contributed by atoms with E-state index in [0.717, 1.165) is 0 Å². The lowest BCUT2D eigenvalue weighted by molar-refractivity contribution is -0.136. The SMILES string of the molecule is CCN(CC(=O)NC)C(=O)CC(N)C(C)C. The fourth-order valence-electron chi connectivity index (χ4n) is 1.20. The number of rotatable bonds is 6. The molecular weight excluding hydrogens is 206 g/mol. The number of hydrogen-bond acceptors (Lipinski definition) is 3. The topological polar surface area (TPSA) is 75.4 Å². The van der Waals surface area contributed by atoms with Crippen molar-refractivity contribution in [3.8, 4) is 0 Å². The molecule has 0 aromatic rings. The predicted octanol–water partition coefficient (Wildman–Crippen LogP) is -0.0457. The average Bonchev–Trinajstić information content (AvgIpc) is 2.24. The van der Waals surface area contributed by atoms with Gasteiger partial charge >= 0.3 is 0 Å². The van der Waals surface area contributed by atoms with E-state index in [2.05, 4.69) is 5.32 Å². The molecule has 5 nitrogen and oxygen atoms in total. The summed E-state index contributed by atoms with van der Waals surface area (Å²) in [5, 5.41) is 2.50. The second-order valence-electron chi connectivity index (χ2n) is 4.19. The number of hydrogen-bond donors (Lipinski definition) is 2. The fourth-order valence-corrected chi connectivity index (χ4v) is 1.20. The Kier molecular flexibility index (Phi) is 6.72. The molecule has 1 unspecified atom stereocenters. The van der Waals surface area contributed by atoms with Gasteiger partial charge in [-0.3, -0.25) is 9.59 Å². The first-order chi connectivity index (χ1) is 7.42. The first-order valence-corrected chi connectivity index (χ1v) is 5.66. The number of nitrogens with one attached hydrogen (secondary N) is 1. The highest BCUT2D eigenvalue weighted by Gasteiger charge is 2.19. The molecule has 0 saturated heterocycles. The quantitative estimate of drug-likeness (QED) is 0.671. The summed E-state index contributed by atoms with van der Waals surface area (Å²) in [6.45, 7) is 6.44. The van der Waals surface area contributed by atoms with Crippen LogP contribution in [0.3, 0.4) is 0 Å². The molecule has 0 heterocycles. The summed E-state index contributed by atoms with van der Waals surface area (Å²) in [6, 6.07) is -0.147. The van der Waals surface area contributed by atoms with Crippen LogP contribution < -0.4 is 11.1 Å². The van der Waals surface area contributed by atoms with Crippen molar-refractivity contribution in [1.29, 1.82) is 0 Å². The Hall–Kier alpha value is -1.10. The third-order valence-electron chi connectivity index (χ3n) is 2.61. The normalized spacial score (nSPS) is 12.4. The maximum Gasteiger partial charge on any atom is 0.239 e. The predicted molar refractivity (Wildman–Crippen MR) is 63.8 cm³/mol. The molecule has 0 aromatic heterocycles. The number of likely N-dealkylation sites (N-methyl/N-ethyl adjacent to an activating group) is 2. The van der Waals surface area contributed by atoms with Crippen LogP contribution in [-0.2, 0) is 9.59 Å². The van der Waals surface area contributed by atoms with Crippen molar-refractivity contribution in [2.75, 3.05) is 20.1 Å². The van der Waals surface area contributed by atoms with E-state index in [1.165, 1.54) is 4.90 Å². The van der Waals surface area contributed by atoms with Gasteiger partial charge in [0.25, 0.3) is 0 Å². The van der Waals surface area contributed by atoms with Crippen LogP contribution in [0, 0.1) is 5.92 Å². The molecule has 0 bridgehead atoms. The monoisotopic (exact) mass is 229 g/mol. The van der Waals surface area contributed by atoms with Crippen molar-refractivity contribution < 1.29 is 9.59 Å². The highest BCUT2D eigenvalue weighted by Crippen LogP contribution is 2.05. The molecule has 5 heteroatoms. The van der Waals surface area contributed by atoms with Crippen LogP contribution in [0.2, 0.25) is 0 Å². The van der Waals surface area contributed by atoms with Crippen molar-refractivity contribution in [2.45, 2.75) is 33.2 Å². The Morgan fingerprint density at radius 1 is 1.38 bits per heavy atom. The van der Waals surface area contributed by atoms with Crippen molar-refractivity contribution in [2.24, 2.45) is 11.7 Å². The number of amides is 2. The van der Waals surface area contributed by atoms with E-state index in [-0.39, 0.29) is 30.3 Å². The zero-order chi connectivity index (χ0) is 12.7. The smallest absolute Gasteiger partial charge is 0.239 e. The van der Waals surface area contributed by atoms with Crippen LogP contribution in [0.5, 0.6) is 0 Å². The molecule has 1 atom stereocenters. The van der Waals surface area contributed by atoms with Crippen LogP contribution in [0.4, 0.5) is 0 Å². The fraction of sp³-hybridized carbons (Fsp3) is 0.818. The molecule has 0 saturated carbocycles. The zero-order valence-corrected chi connectivity index (χ0v) is 10.6. The van der Waals surface area contributed by atoms with Gasteiger partial charge in [0.05, 0.1) is 6.54 Å². The molecule has 0 aliphatic rings. The summed E-state index contributed by atoms with van der Waals surface area (Å²) in [5.41, 5.74) is 5.83. The molecule has 0 spiro atoms. The van der Waals surface area contributed by atoms with Gasteiger partial charge in [0.15, 0.2) is 0 Å². The second kappa shape index (κ2) is 7.22. The minimum absolute atomic E-state index is 0.0627. The minimum atomic E-state index is -0.159. The molecule has 0 aromatic carbocycles. The molecular formula is C11H23N3O2. The highest BCUT2D eigenvalue weighted by atomic mass is 16.2. The van der Waals surface area contributed by atoms with Gasteiger partial charge < -0.3 is 16.0 Å². The van der Waals surface area contributed by atoms with Crippen LogP contribution >= 0.6 is 0 Å². The van der Waals surface area contributed by atoms with Crippen molar-refractivity contribution in [3.05, 3.63) is 0 Å². The Bertz CT molecular complexity index is 241. The molecule has 0 fully saturated rings. The lowest BCUT2D eigenvalue weighted by Crippen LogP contribution is -2.42. The van der Waals surface area contributed by atoms with Crippen LogP contribution in [0.15, 0.2) is 0 Å². The van der Waals surface area contributed by atoms with E-state index in [9.17, 15) is 9.59 Å². The van der Waals surface area contributed by atoms with Crippen molar-refractivity contribution in [3.63, 3.8) is 0 Å². The third-order valence-corrected chi connectivity index (χ3v) is 2.61. The maximum absolute atomic E-state index is 11.8.